The van der Waals surface area contributed by atoms with Crippen LogP contribution in [-0.4, -0.2) is 30.6 Å². The van der Waals surface area contributed by atoms with Gasteiger partial charge in [-0.15, -0.1) is 0 Å². The van der Waals surface area contributed by atoms with E-state index in [9.17, 15) is 0 Å². The van der Waals surface area contributed by atoms with Gasteiger partial charge >= 0.3 is 0 Å². The van der Waals surface area contributed by atoms with Crippen LogP contribution in [0, 0.1) is 5.92 Å². The topological polar surface area (TPSA) is 24.5 Å². The summed E-state index contributed by atoms with van der Waals surface area (Å²) in [6, 6.07) is 14.4. The molecule has 138 valence electrons. The Kier molecular flexibility index (Phi) is 5.70. The summed E-state index contributed by atoms with van der Waals surface area (Å²) in [5.74, 6) is 1.70. The van der Waals surface area contributed by atoms with Crippen molar-refractivity contribution in [2.45, 2.75) is 32.0 Å². The Bertz CT molecular complexity index is 759. The molecule has 5 heteroatoms. The van der Waals surface area contributed by atoms with Gasteiger partial charge in [0.25, 0.3) is 0 Å². The van der Waals surface area contributed by atoms with E-state index in [1.807, 2.05) is 24.3 Å². The lowest BCUT2D eigenvalue weighted by molar-refractivity contribution is 0.0720. The Morgan fingerprint density at radius 1 is 1.08 bits per heavy atom. The van der Waals surface area contributed by atoms with Crippen LogP contribution in [0.3, 0.4) is 0 Å². The fourth-order valence-electron chi connectivity index (χ4n) is 3.99. The van der Waals surface area contributed by atoms with Gasteiger partial charge in [-0.25, -0.2) is 0 Å². The minimum atomic E-state index is 0.437. The van der Waals surface area contributed by atoms with E-state index >= 15 is 0 Å². The van der Waals surface area contributed by atoms with E-state index in [1.54, 1.807) is 6.07 Å². The van der Waals surface area contributed by atoms with Crippen LogP contribution in [0.5, 0.6) is 5.75 Å². The van der Waals surface area contributed by atoms with Gasteiger partial charge in [0.05, 0.1) is 0 Å². The van der Waals surface area contributed by atoms with Crippen molar-refractivity contribution in [1.29, 1.82) is 0 Å². The highest BCUT2D eigenvalue weighted by atomic mass is 35.5. The number of halogens is 2. The number of rotatable bonds is 6. The SMILES string of the molecule is Clc1ccc(COc2cccc(CN[C@H]3CN4CCC3CC4)c2)c(Cl)c1. The highest BCUT2D eigenvalue weighted by Crippen LogP contribution is 2.28. The number of ether oxygens (including phenoxy) is 1. The first-order valence-electron chi connectivity index (χ1n) is 9.29. The summed E-state index contributed by atoms with van der Waals surface area (Å²) in [5, 5.41) is 5.03. The largest absolute Gasteiger partial charge is 0.489 e. The molecule has 2 bridgehead atoms. The molecule has 0 amide bonds. The number of fused-ring (bicyclic) bond motifs is 3. The van der Waals surface area contributed by atoms with Crippen LogP contribution in [0.1, 0.15) is 24.0 Å². The smallest absolute Gasteiger partial charge is 0.120 e. The Labute approximate surface area is 165 Å². The molecule has 3 aliphatic rings. The van der Waals surface area contributed by atoms with Gasteiger partial charge in [0.2, 0.25) is 0 Å². The van der Waals surface area contributed by atoms with Gasteiger partial charge in [-0.2, -0.15) is 0 Å². The highest BCUT2D eigenvalue weighted by molar-refractivity contribution is 6.35. The third-order valence-electron chi connectivity index (χ3n) is 5.53. The van der Waals surface area contributed by atoms with E-state index in [4.69, 9.17) is 27.9 Å². The van der Waals surface area contributed by atoms with Crippen molar-refractivity contribution in [3.63, 3.8) is 0 Å². The van der Waals surface area contributed by atoms with Gasteiger partial charge < -0.3 is 15.0 Å². The molecule has 0 aromatic heterocycles. The predicted octanol–water partition coefficient (Wildman–Crippen LogP) is 4.76. The fraction of sp³-hybridized carbons (Fsp3) is 0.429. The Morgan fingerprint density at radius 3 is 2.65 bits per heavy atom. The van der Waals surface area contributed by atoms with E-state index in [0.717, 1.165) is 23.8 Å². The maximum Gasteiger partial charge on any atom is 0.120 e. The Morgan fingerprint density at radius 2 is 1.92 bits per heavy atom. The van der Waals surface area contributed by atoms with Crippen LogP contribution in [-0.2, 0) is 13.2 Å². The number of benzene rings is 2. The number of hydrogen-bond donors (Lipinski definition) is 1. The van der Waals surface area contributed by atoms with Gasteiger partial charge in [-0.3, -0.25) is 0 Å². The van der Waals surface area contributed by atoms with Crippen LogP contribution < -0.4 is 10.1 Å². The molecule has 3 saturated heterocycles. The van der Waals surface area contributed by atoms with Crippen molar-refractivity contribution < 1.29 is 4.74 Å². The first kappa shape index (κ1) is 18.1. The standard InChI is InChI=1S/C21H24Cl2N2O/c22-18-5-4-17(20(23)11-18)14-26-19-3-1-2-15(10-19)12-24-21-13-25-8-6-16(21)7-9-25/h1-5,10-11,16,21,24H,6-9,12-14H2/t21-/m0/s1. The van der Waals surface area contributed by atoms with E-state index in [-0.39, 0.29) is 0 Å². The molecule has 0 unspecified atom stereocenters. The minimum Gasteiger partial charge on any atom is -0.489 e. The van der Waals surface area contributed by atoms with Crippen molar-refractivity contribution in [1.82, 2.24) is 10.2 Å². The summed E-state index contributed by atoms with van der Waals surface area (Å²) >= 11 is 12.2. The summed E-state index contributed by atoms with van der Waals surface area (Å²) < 4.78 is 5.93. The average Bonchev–Trinajstić information content (AvgIpc) is 2.67. The molecular formula is C21H24Cl2N2O. The molecule has 2 aromatic rings. The van der Waals surface area contributed by atoms with Gasteiger partial charge in [0.15, 0.2) is 0 Å². The molecule has 3 heterocycles. The number of nitrogens with one attached hydrogen (secondary N) is 1. The second kappa shape index (κ2) is 8.18. The predicted molar refractivity (Wildman–Crippen MR) is 107 cm³/mol. The molecule has 0 spiro atoms. The van der Waals surface area contributed by atoms with Gasteiger partial charge in [0, 0.05) is 34.7 Å². The summed E-state index contributed by atoms with van der Waals surface area (Å²) in [7, 11) is 0. The fourth-order valence-corrected chi connectivity index (χ4v) is 4.45. The van der Waals surface area contributed by atoms with E-state index < -0.39 is 0 Å². The lowest BCUT2D eigenvalue weighted by Gasteiger charge is -2.45. The third-order valence-corrected chi connectivity index (χ3v) is 6.12. The van der Waals surface area contributed by atoms with Crippen molar-refractivity contribution >= 4 is 23.2 Å². The molecule has 2 aromatic carbocycles. The summed E-state index contributed by atoms with van der Waals surface area (Å²) in [6.07, 6.45) is 2.67. The average molecular weight is 391 g/mol. The molecule has 3 fully saturated rings. The van der Waals surface area contributed by atoms with Crippen LogP contribution in [0.15, 0.2) is 42.5 Å². The van der Waals surface area contributed by atoms with Gasteiger partial charge in [-0.05, 0) is 61.7 Å². The zero-order valence-corrected chi connectivity index (χ0v) is 16.3. The van der Waals surface area contributed by atoms with Gasteiger partial charge in [-0.1, -0.05) is 41.4 Å². The molecule has 0 aliphatic carbocycles. The second-order valence-corrected chi connectivity index (χ2v) is 8.14. The molecule has 3 nitrogen and oxygen atoms in total. The zero-order chi connectivity index (χ0) is 17.9. The molecular weight excluding hydrogens is 367 g/mol. The van der Waals surface area contributed by atoms with E-state index in [2.05, 4.69) is 22.3 Å². The normalized spacial score (nSPS) is 24.6. The van der Waals surface area contributed by atoms with Crippen molar-refractivity contribution in [3.8, 4) is 5.75 Å². The molecule has 1 atom stereocenters. The van der Waals surface area contributed by atoms with Crippen LogP contribution >= 0.6 is 23.2 Å². The first-order chi connectivity index (χ1) is 12.7. The highest BCUT2D eigenvalue weighted by Gasteiger charge is 2.33. The van der Waals surface area contributed by atoms with E-state index in [1.165, 1.54) is 38.0 Å². The van der Waals surface area contributed by atoms with Crippen LogP contribution in [0.2, 0.25) is 10.0 Å². The third kappa shape index (κ3) is 4.34. The van der Waals surface area contributed by atoms with Crippen molar-refractivity contribution in [2.24, 2.45) is 5.92 Å². The van der Waals surface area contributed by atoms with Crippen LogP contribution in [0.25, 0.3) is 0 Å². The number of nitrogens with zero attached hydrogens (tertiary/aromatic N) is 1. The number of hydrogen-bond acceptors (Lipinski definition) is 3. The molecule has 0 radical (unpaired) electrons. The molecule has 3 aliphatic heterocycles. The summed E-state index contributed by atoms with van der Waals surface area (Å²) in [4.78, 5) is 2.58. The summed E-state index contributed by atoms with van der Waals surface area (Å²) in [6.45, 7) is 5.06. The molecule has 1 N–H and O–H groups in total. The van der Waals surface area contributed by atoms with Crippen molar-refractivity contribution in [3.05, 3.63) is 63.6 Å². The Hall–Kier alpha value is -1.26. The molecule has 5 rings (SSSR count). The van der Waals surface area contributed by atoms with Crippen LogP contribution in [0.4, 0.5) is 0 Å². The van der Waals surface area contributed by atoms with E-state index in [0.29, 0.717) is 22.7 Å². The lowest BCUT2D eigenvalue weighted by Crippen LogP contribution is -2.55. The molecule has 26 heavy (non-hydrogen) atoms. The Balaban J connectivity index is 1.33. The maximum atomic E-state index is 6.22. The summed E-state index contributed by atoms with van der Waals surface area (Å²) in [5.41, 5.74) is 2.19. The number of piperidine rings is 3. The minimum absolute atomic E-state index is 0.437. The van der Waals surface area contributed by atoms with Crippen molar-refractivity contribution in [2.75, 3.05) is 19.6 Å². The van der Waals surface area contributed by atoms with Gasteiger partial charge in [0.1, 0.15) is 12.4 Å². The lowest BCUT2D eigenvalue weighted by atomic mass is 9.84. The molecule has 0 saturated carbocycles. The quantitative estimate of drug-likeness (QED) is 0.769. The zero-order valence-electron chi connectivity index (χ0n) is 14.8. The maximum absolute atomic E-state index is 6.22. The first-order valence-corrected chi connectivity index (χ1v) is 10.0. The monoisotopic (exact) mass is 390 g/mol. The second-order valence-electron chi connectivity index (χ2n) is 7.30.